The van der Waals surface area contributed by atoms with E-state index >= 15 is 0 Å². The molecule has 1 amide bonds. The van der Waals surface area contributed by atoms with Crippen molar-refractivity contribution in [2.24, 2.45) is 0 Å². The van der Waals surface area contributed by atoms with Crippen molar-refractivity contribution in [3.8, 4) is 5.75 Å². The van der Waals surface area contributed by atoms with E-state index in [0.717, 1.165) is 45.1 Å². The Bertz CT molecular complexity index is 738. The molecule has 3 rings (SSSR count). The zero-order valence-corrected chi connectivity index (χ0v) is 15.4. The van der Waals surface area contributed by atoms with E-state index in [1.54, 1.807) is 18.5 Å². The zero-order chi connectivity index (χ0) is 19.8. The average molecular weight is 391 g/mol. The highest BCUT2D eigenvalue weighted by Crippen LogP contribution is 2.15. The third-order valence-corrected chi connectivity index (χ3v) is 4.49. The van der Waals surface area contributed by atoms with Gasteiger partial charge in [0.2, 0.25) is 5.95 Å². The van der Waals surface area contributed by atoms with Gasteiger partial charge < -0.3 is 15.0 Å². The lowest BCUT2D eigenvalue weighted by molar-refractivity contribution is -0.0498. The minimum absolute atomic E-state index is 0.0339. The number of aromatic nitrogens is 2. The monoisotopic (exact) mass is 391 g/mol. The fourth-order valence-corrected chi connectivity index (χ4v) is 3.02. The number of carbonyl (C=O) groups is 1. The Labute approximate surface area is 162 Å². The van der Waals surface area contributed by atoms with Crippen molar-refractivity contribution < 1.29 is 18.3 Å². The van der Waals surface area contributed by atoms with Crippen LogP contribution in [0.1, 0.15) is 16.8 Å². The second-order valence-electron chi connectivity index (χ2n) is 6.39. The Balaban J connectivity index is 1.33. The predicted molar refractivity (Wildman–Crippen MR) is 101 cm³/mol. The number of alkyl halides is 2. The molecule has 7 nitrogen and oxygen atoms in total. The molecule has 0 aliphatic carbocycles. The number of nitrogens with zero attached hydrogens (tertiary/aromatic N) is 4. The van der Waals surface area contributed by atoms with Crippen LogP contribution in [0.15, 0.2) is 42.7 Å². The molecule has 1 N–H and O–H groups in total. The van der Waals surface area contributed by atoms with E-state index in [-0.39, 0.29) is 11.7 Å². The summed E-state index contributed by atoms with van der Waals surface area (Å²) in [6.45, 7) is 2.19. The fourth-order valence-electron chi connectivity index (χ4n) is 3.02. The van der Waals surface area contributed by atoms with Crippen molar-refractivity contribution in [1.29, 1.82) is 0 Å². The van der Waals surface area contributed by atoms with Gasteiger partial charge in [0.25, 0.3) is 5.91 Å². The van der Waals surface area contributed by atoms with E-state index < -0.39 is 6.61 Å². The van der Waals surface area contributed by atoms with Gasteiger partial charge in [-0.25, -0.2) is 9.97 Å². The number of halogens is 2. The minimum Gasteiger partial charge on any atom is -0.435 e. The molecule has 2 heterocycles. The molecule has 150 valence electrons. The molecule has 9 heteroatoms. The third kappa shape index (κ3) is 5.85. The van der Waals surface area contributed by atoms with Crippen molar-refractivity contribution in [2.75, 3.05) is 44.2 Å². The maximum absolute atomic E-state index is 12.1. The summed E-state index contributed by atoms with van der Waals surface area (Å²) in [6, 6.07) is 7.46. The van der Waals surface area contributed by atoms with Crippen LogP contribution < -0.4 is 15.0 Å². The van der Waals surface area contributed by atoms with Gasteiger partial charge in [-0.15, -0.1) is 0 Å². The number of nitrogens with one attached hydrogen (secondary N) is 1. The number of hydrogen-bond acceptors (Lipinski definition) is 6. The quantitative estimate of drug-likeness (QED) is 0.695. The number of ether oxygens (including phenoxy) is 1. The number of rotatable bonds is 8. The Morgan fingerprint density at radius 3 is 2.43 bits per heavy atom. The van der Waals surface area contributed by atoms with Gasteiger partial charge in [-0.05, 0) is 43.3 Å². The van der Waals surface area contributed by atoms with E-state index in [1.807, 2.05) is 0 Å². The van der Waals surface area contributed by atoms with E-state index in [4.69, 9.17) is 0 Å². The first-order valence-electron chi connectivity index (χ1n) is 9.19. The van der Waals surface area contributed by atoms with Crippen molar-refractivity contribution >= 4 is 11.9 Å². The molecule has 0 unspecified atom stereocenters. The first-order valence-corrected chi connectivity index (χ1v) is 9.19. The Kier molecular flexibility index (Phi) is 7.07. The smallest absolute Gasteiger partial charge is 0.387 e. The van der Waals surface area contributed by atoms with Crippen molar-refractivity contribution in [3.05, 3.63) is 48.3 Å². The van der Waals surface area contributed by atoms with Crippen LogP contribution in [-0.4, -0.2) is 66.7 Å². The number of carbonyl (C=O) groups excluding carboxylic acids is 1. The van der Waals surface area contributed by atoms with Crippen LogP contribution in [0.5, 0.6) is 5.75 Å². The van der Waals surface area contributed by atoms with Gasteiger partial charge in [-0.2, -0.15) is 8.78 Å². The number of hydrogen-bond donors (Lipinski definition) is 1. The zero-order valence-electron chi connectivity index (χ0n) is 15.4. The van der Waals surface area contributed by atoms with Gasteiger partial charge >= 0.3 is 6.61 Å². The van der Waals surface area contributed by atoms with Crippen LogP contribution in [0.4, 0.5) is 14.7 Å². The molecule has 1 aromatic heterocycles. The fraction of sp³-hybridized carbons (Fsp3) is 0.421. The second kappa shape index (κ2) is 9.93. The van der Waals surface area contributed by atoms with Crippen molar-refractivity contribution in [2.45, 2.75) is 13.0 Å². The van der Waals surface area contributed by atoms with Gasteiger partial charge in [0, 0.05) is 50.7 Å². The molecule has 1 fully saturated rings. The number of piperazine rings is 1. The van der Waals surface area contributed by atoms with E-state index in [1.165, 1.54) is 24.3 Å². The highest BCUT2D eigenvalue weighted by Gasteiger charge is 2.18. The summed E-state index contributed by atoms with van der Waals surface area (Å²) in [5.74, 6) is 0.570. The SMILES string of the molecule is O=C(NCCCN1CCN(c2ncccn2)CC1)c1ccc(OC(F)F)cc1. The lowest BCUT2D eigenvalue weighted by Crippen LogP contribution is -2.47. The molecule has 2 aromatic rings. The summed E-state index contributed by atoms with van der Waals surface area (Å²) in [7, 11) is 0. The summed E-state index contributed by atoms with van der Waals surface area (Å²) < 4.78 is 28.5. The van der Waals surface area contributed by atoms with Crippen LogP contribution in [0.3, 0.4) is 0 Å². The lowest BCUT2D eigenvalue weighted by atomic mass is 10.2. The first kappa shape index (κ1) is 19.9. The van der Waals surface area contributed by atoms with Gasteiger partial charge in [0.15, 0.2) is 0 Å². The first-order chi connectivity index (χ1) is 13.6. The third-order valence-electron chi connectivity index (χ3n) is 4.49. The number of benzene rings is 1. The summed E-state index contributed by atoms with van der Waals surface area (Å²) in [6.07, 6.45) is 4.33. The summed E-state index contributed by atoms with van der Waals surface area (Å²) >= 11 is 0. The van der Waals surface area contributed by atoms with Crippen LogP contribution in [0.2, 0.25) is 0 Å². The molecule has 0 saturated carbocycles. The maximum Gasteiger partial charge on any atom is 0.387 e. The minimum atomic E-state index is -2.87. The highest BCUT2D eigenvalue weighted by molar-refractivity contribution is 5.94. The molecule has 1 saturated heterocycles. The van der Waals surface area contributed by atoms with Gasteiger partial charge in [-0.1, -0.05) is 0 Å². The van der Waals surface area contributed by atoms with E-state index in [2.05, 4.69) is 29.8 Å². The molecule has 0 bridgehead atoms. The standard InChI is InChI=1S/C19H23F2N5O2/c20-18(21)28-16-5-3-15(4-6-16)17(27)22-9-2-10-25-11-13-26(14-12-25)19-23-7-1-8-24-19/h1,3-8,18H,2,9-14H2,(H,22,27). The molecular weight excluding hydrogens is 368 g/mol. The molecule has 28 heavy (non-hydrogen) atoms. The number of amides is 1. The van der Waals surface area contributed by atoms with Gasteiger partial charge in [0.05, 0.1) is 0 Å². The molecule has 1 aliphatic heterocycles. The van der Waals surface area contributed by atoms with E-state index in [0.29, 0.717) is 12.1 Å². The molecule has 0 spiro atoms. The summed E-state index contributed by atoms with van der Waals surface area (Å²) in [5.41, 5.74) is 0.415. The molecule has 0 radical (unpaired) electrons. The van der Waals surface area contributed by atoms with Crippen LogP contribution in [-0.2, 0) is 0 Å². The number of anilines is 1. The Morgan fingerprint density at radius 1 is 1.11 bits per heavy atom. The highest BCUT2D eigenvalue weighted by atomic mass is 19.3. The summed E-state index contributed by atoms with van der Waals surface area (Å²) in [4.78, 5) is 25.2. The molecule has 1 aliphatic rings. The van der Waals surface area contributed by atoms with E-state index in [9.17, 15) is 13.6 Å². The van der Waals surface area contributed by atoms with Gasteiger partial charge in [0.1, 0.15) is 5.75 Å². The average Bonchev–Trinajstić information content (AvgIpc) is 2.72. The predicted octanol–water partition coefficient (Wildman–Crippen LogP) is 2.02. The lowest BCUT2D eigenvalue weighted by Gasteiger charge is -2.34. The second-order valence-corrected chi connectivity index (χ2v) is 6.39. The van der Waals surface area contributed by atoms with Crippen molar-refractivity contribution in [3.63, 3.8) is 0 Å². The van der Waals surface area contributed by atoms with Crippen LogP contribution >= 0.6 is 0 Å². The van der Waals surface area contributed by atoms with Crippen LogP contribution in [0.25, 0.3) is 0 Å². The van der Waals surface area contributed by atoms with Crippen molar-refractivity contribution in [1.82, 2.24) is 20.2 Å². The van der Waals surface area contributed by atoms with Crippen LogP contribution in [0, 0.1) is 0 Å². The Hall–Kier alpha value is -2.81. The molecular formula is C19H23F2N5O2. The maximum atomic E-state index is 12.1. The molecule has 0 atom stereocenters. The molecule has 1 aromatic carbocycles. The largest absolute Gasteiger partial charge is 0.435 e. The normalized spacial score (nSPS) is 14.9. The Morgan fingerprint density at radius 2 is 1.79 bits per heavy atom. The van der Waals surface area contributed by atoms with Gasteiger partial charge in [-0.3, -0.25) is 9.69 Å². The topological polar surface area (TPSA) is 70.6 Å². The summed E-state index contributed by atoms with van der Waals surface area (Å²) in [5, 5.41) is 2.85.